The Morgan fingerprint density at radius 3 is 2.85 bits per heavy atom. The molecule has 0 unspecified atom stereocenters. The van der Waals surface area contributed by atoms with E-state index in [2.05, 4.69) is 20.9 Å². The minimum Gasteiger partial charge on any atom is -0.383 e. The molecule has 0 bridgehead atoms. The number of anilines is 2. The molecule has 0 saturated carbocycles. The standard InChI is InChI=1S/C15H21N3O2/c1-12-10-18(7-8-19-2)15(16-12)17-14-6-4-5-13(9-14)11-20-3/h4-6,9-10H,7-8,11H2,1-3H3,(H,16,17). The topological polar surface area (TPSA) is 48.3 Å². The highest BCUT2D eigenvalue weighted by Crippen LogP contribution is 2.18. The molecule has 0 spiro atoms. The molecule has 0 aliphatic rings. The molecular formula is C15H21N3O2. The molecule has 0 amide bonds. The molecule has 1 aromatic carbocycles. The lowest BCUT2D eigenvalue weighted by Gasteiger charge is -2.10. The third-order valence-electron chi connectivity index (χ3n) is 2.93. The summed E-state index contributed by atoms with van der Waals surface area (Å²) in [5.74, 6) is 0.828. The van der Waals surface area contributed by atoms with Gasteiger partial charge in [-0.3, -0.25) is 0 Å². The summed E-state index contributed by atoms with van der Waals surface area (Å²) in [6.45, 7) is 4.02. The second kappa shape index (κ2) is 7.07. The number of nitrogens with one attached hydrogen (secondary N) is 1. The van der Waals surface area contributed by atoms with Gasteiger partial charge in [-0.25, -0.2) is 4.98 Å². The first-order valence-electron chi connectivity index (χ1n) is 6.60. The van der Waals surface area contributed by atoms with E-state index in [4.69, 9.17) is 9.47 Å². The zero-order valence-electron chi connectivity index (χ0n) is 12.2. The molecule has 1 N–H and O–H groups in total. The van der Waals surface area contributed by atoms with Crippen LogP contribution in [-0.2, 0) is 22.6 Å². The van der Waals surface area contributed by atoms with Crippen molar-refractivity contribution in [1.82, 2.24) is 9.55 Å². The van der Waals surface area contributed by atoms with Crippen LogP contribution < -0.4 is 5.32 Å². The predicted octanol–water partition coefficient (Wildman–Crippen LogP) is 2.73. The van der Waals surface area contributed by atoms with Gasteiger partial charge in [-0.1, -0.05) is 12.1 Å². The van der Waals surface area contributed by atoms with E-state index in [-0.39, 0.29) is 0 Å². The second-order valence-electron chi connectivity index (χ2n) is 4.65. The first kappa shape index (κ1) is 14.6. The Morgan fingerprint density at radius 2 is 2.10 bits per heavy atom. The van der Waals surface area contributed by atoms with Gasteiger partial charge in [0.2, 0.25) is 5.95 Å². The summed E-state index contributed by atoms with van der Waals surface area (Å²) in [4.78, 5) is 4.50. The van der Waals surface area contributed by atoms with Gasteiger partial charge in [0.05, 0.1) is 18.9 Å². The van der Waals surface area contributed by atoms with Gasteiger partial charge in [0.1, 0.15) is 0 Å². The molecule has 20 heavy (non-hydrogen) atoms. The van der Waals surface area contributed by atoms with Crippen LogP contribution in [0.3, 0.4) is 0 Å². The van der Waals surface area contributed by atoms with E-state index in [1.165, 1.54) is 0 Å². The molecule has 0 radical (unpaired) electrons. The molecule has 5 heteroatoms. The lowest BCUT2D eigenvalue weighted by Crippen LogP contribution is -2.07. The average molecular weight is 275 g/mol. The van der Waals surface area contributed by atoms with Crippen molar-refractivity contribution < 1.29 is 9.47 Å². The van der Waals surface area contributed by atoms with Crippen LogP contribution >= 0.6 is 0 Å². The maximum absolute atomic E-state index is 5.15. The molecule has 108 valence electrons. The minimum absolute atomic E-state index is 0.604. The Bertz CT molecular complexity index is 552. The monoisotopic (exact) mass is 275 g/mol. The SMILES string of the molecule is COCCn1cc(C)nc1Nc1cccc(COC)c1. The van der Waals surface area contributed by atoms with Crippen molar-refractivity contribution in [2.75, 3.05) is 26.1 Å². The van der Waals surface area contributed by atoms with E-state index in [1.54, 1.807) is 14.2 Å². The van der Waals surface area contributed by atoms with Gasteiger partial charge in [0.15, 0.2) is 0 Å². The van der Waals surface area contributed by atoms with Crippen molar-refractivity contribution in [2.24, 2.45) is 0 Å². The van der Waals surface area contributed by atoms with Crippen LogP contribution in [0.15, 0.2) is 30.5 Å². The third kappa shape index (κ3) is 3.82. The first-order chi connectivity index (χ1) is 9.72. The Hall–Kier alpha value is -1.85. The van der Waals surface area contributed by atoms with Gasteiger partial charge in [-0.05, 0) is 24.6 Å². The summed E-state index contributed by atoms with van der Waals surface area (Å²) in [6.07, 6.45) is 2.01. The number of imidazole rings is 1. The van der Waals surface area contributed by atoms with Crippen molar-refractivity contribution >= 4 is 11.6 Å². The normalized spacial score (nSPS) is 10.8. The van der Waals surface area contributed by atoms with E-state index in [1.807, 2.05) is 31.3 Å². The van der Waals surface area contributed by atoms with Gasteiger partial charge in [-0.15, -0.1) is 0 Å². The van der Waals surface area contributed by atoms with Crippen molar-refractivity contribution in [3.8, 4) is 0 Å². The molecule has 0 aliphatic carbocycles. The molecule has 2 aromatic rings. The summed E-state index contributed by atoms with van der Waals surface area (Å²) < 4.78 is 12.3. The number of rotatable bonds is 7. The molecule has 5 nitrogen and oxygen atoms in total. The molecule has 0 atom stereocenters. The number of hydrogen-bond donors (Lipinski definition) is 1. The van der Waals surface area contributed by atoms with E-state index in [0.717, 1.165) is 29.4 Å². The fourth-order valence-electron chi connectivity index (χ4n) is 2.04. The lowest BCUT2D eigenvalue weighted by molar-refractivity contribution is 0.185. The van der Waals surface area contributed by atoms with Crippen molar-refractivity contribution in [1.29, 1.82) is 0 Å². The van der Waals surface area contributed by atoms with Gasteiger partial charge in [0, 0.05) is 32.6 Å². The molecular weight excluding hydrogens is 254 g/mol. The van der Waals surface area contributed by atoms with Crippen molar-refractivity contribution in [3.63, 3.8) is 0 Å². The largest absolute Gasteiger partial charge is 0.383 e. The second-order valence-corrected chi connectivity index (χ2v) is 4.65. The smallest absolute Gasteiger partial charge is 0.207 e. The van der Waals surface area contributed by atoms with E-state index in [0.29, 0.717) is 13.2 Å². The van der Waals surface area contributed by atoms with Crippen LogP contribution in [0.2, 0.25) is 0 Å². The number of aromatic nitrogens is 2. The average Bonchev–Trinajstić information content (AvgIpc) is 2.77. The maximum atomic E-state index is 5.15. The van der Waals surface area contributed by atoms with Crippen LogP contribution in [0.25, 0.3) is 0 Å². The summed E-state index contributed by atoms with van der Waals surface area (Å²) in [7, 11) is 3.39. The number of ether oxygens (including phenoxy) is 2. The van der Waals surface area contributed by atoms with Crippen LogP contribution in [0.5, 0.6) is 0 Å². The molecule has 0 saturated heterocycles. The summed E-state index contributed by atoms with van der Waals surface area (Å²) in [5.41, 5.74) is 3.12. The Morgan fingerprint density at radius 1 is 1.25 bits per heavy atom. The van der Waals surface area contributed by atoms with E-state index in [9.17, 15) is 0 Å². The fourth-order valence-corrected chi connectivity index (χ4v) is 2.04. The molecule has 0 aliphatic heterocycles. The molecule has 2 rings (SSSR count). The Kier molecular flexibility index (Phi) is 5.15. The zero-order valence-corrected chi connectivity index (χ0v) is 12.2. The fraction of sp³-hybridized carbons (Fsp3) is 0.400. The van der Waals surface area contributed by atoms with E-state index >= 15 is 0 Å². The Labute approximate surface area is 119 Å². The van der Waals surface area contributed by atoms with Gasteiger partial charge >= 0.3 is 0 Å². The minimum atomic E-state index is 0.604. The van der Waals surface area contributed by atoms with Crippen molar-refractivity contribution in [2.45, 2.75) is 20.1 Å². The number of methoxy groups -OCH3 is 2. The highest BCUT2D eigenvalue weighted by molar-refractivity contribution is 5.55. The van der Waals surface area contributed by atoms with Crippen LogP contribution in [0.1, 0.15) is 11.3 Å². The first-order valence-corrected chi connectivity index (χ1v) is 6.60. The number of benzene rings is 1. The lowest BCUT2D eigenvalue weighted by atomic mass is 10.2. The number of hydrogen-bond acceptors (Lipinski definition) is 4. The highest BCUT2D eigenvalue weighted by atomic mass is 16.5. The zero-order chi connectivity index (χ0) is 14.4. The maximum Gasteiger partial charge on any atom is 0.207 e. The highest BCUT2D eigenvalue weighted by Gasteiger charge is 2.06. The number of nitrogens with zero attached hydrogens (tertiary/aromatic N) is 2. The van der Waals surface area contributed by atoms with Crippen molar-refractivity contribution in [3.05, 3.63) is 41.7 Å². The molecule has 1 aromatic heterocycles. The Balaban J connectivity index is 2.14. The van der Waals surface area contributed by atoms with Gasteiger partial charge < -0.3 is 19.4 Å². The van der Waals surface area contributed by atoms with Gasteiger partial charge in [-0.2, -0.15) is 0 Å². The summed E-state index contributed by atoms with van der Waals surface area (Å²) >= 11 is 0. The predicted molar refractivity (Wildman–Crippen MR) is 79.3 cm³/mol. The van der Waals surface area contributed by atoms with Crippen LogP contribution in [-0.4, -0.2) is 30.4 Å². The number of aryl methyl sites for hydroxylation is 1. The van der Waals surface area contributed by atoms with E-state index < -0.39 is 0 Å². The van der Waals surface area contributed by atoms with Gasteiger partial charge in [0.25, 0.3) is 0 Å². The molecule has 1 heterocycles. The third-order valence-corrected chi connectivity index (χ3v) is 2.93. The molecule has 0 fully saturated rings. The van der Waals surface area contributed by atoms with Crippen LogP contribution in [0, 0.1) is 6.92 Å². The quantitative estimate of drug-likeness (QED) is 0.844. The summed E-state index contributed by atoms with van der Waals surface area (Å²) in [5, 5.41) is 3.34. The summed E-state index contributed by atoms with van der Waals surface area (Å²) in [6, 6.07) is 8.13. The van der Waals surface area contributed by atoms with Crippen LogP contribution in [0.4, 0.5) is 11.6 Å².